The maximum atomic E-state index is 12.5. The standard InChI is InChI=1S/C12H10Cl2INO4/c13-5-1-7(10(15)8(14)2-5)11(18)16-4-6(17)3-9(16)12(19)20/h1-2,6,9,17H,3-4H2,(H,19,20)/t6-,9-/m0/s1. The fraction of sp³-hybridized carbons (Fsp3) is 0.333. The molecule has 5 nitrogen and oxygen atoms in total. The van der Waals surface area contributed by atoms with Crippen LogP contribution < -0.4 is 0 Å². The van der Waals surface area contributed by atoms with Crippen LogP contribution in [-0.2, 0) is 4.79 Å². The van der Waals surface area contributed by atoms with Crippen LogP contribution in [0.25, 0.3) is 0 Å². The second-order valence-corrected chi connectivity index (χ2v) is 6.37. The molecule has 0 unspecified atom stereocenters. The van der Waals surface area contributed by atoms with Gasteiger partial charge < -0.3 is 15.1 Å². The Labute approximate surface area is 138 Å². The molecule has 1 fully saturated rings. The van der Waals surface area contributed by atoms with Crippen LogP contribution in [0, 0.1) is 3.57 Å². The highest BCUT2D eigenvalue weighted by atomic mass is 127. The molecule has 1 amide bonds. The molecule has 1 aliphatic heterocycles. The van der Waals surface area contributed by atoms with Crippen molar-refractivity contribution in [3.8, 4) is 0 Å². The number of carbonyl (C=O) groups is 2. The Morgan fingerprint density at radius 3 is 2.60 bits per heavy atom. The van der Waals surface area contributed by atoms with Gasteiger partial charge in [-0.05, 0) is 34.7 Å². The first-order chi connectivity index (χ1) is 9.31. The Hall–Kier alpha value is -0.570. The number of amides is 1. The number of β-amino-alcohol motifs (C(OH)–C–C–N with tert-alkyl or cyclic N) is 1. The smallest absolute Gasteiger partial charge is 0.326 e. The van der Waals surface area contributed by atoms with Crippen LogP contribution in [0.2, 0.25) is 10.0 Å². The molecule has 8 heteroatoms. The average Bonchev–Trinajstić information content (AvgIpc) is 2.75. The maximum absolute atomic E-state index is 12.5. The monoisotopic (exact) mass is 429 g/mol. The van der Waals surface area contributed by atoms with E-state index in [2.05, 4.69) is 0 Å². The fourth-order valence-corrected chi connectivity index (χ4v) is 3.17. The lowest BCUT2D eigenvalue weighted by Gasteiger charge is -2.22. The molecule has 1 aliphatic rings. The van der Waals surface area contributed by atoms with Gasteiger partial charge in [0.2, 0.25) is 0 Å². The zero-order valence-corrected chi connectivity index (χ0v) is 13.7. The summed E-state index contributed by atoms with van der Waals surface area (Å²) < 4.78 is 0.504. The van der Waals surface area contributed by atoms with E-state index in [9.17, 15) is 14.7 Å². The first-order valence-electron chi connectivity index (χ1n) is 5.67. The Balaban J connectivity index is 2.38. The summed E-state index contributed by atoms with van der Waals surface area (Å²) >= 11 is 13.8. The number of hydrogen-bond acceptors (Lipinski definition) is 3. The second-order valence-electron chi connectivity index (χ2n) is 4.45. The van der Waals surface area contributed by atoms with E-state index < -0.39 is 24.0 Å². The number of likely N-dealkylation sites (tertiary alicyclic amines) is 1. The maximum Gasteiger partial charge on any atom is 0.326 e. The lowest BCUT2D eigenvalue weighted by Crippen LogP contribution is -2.40. The third kappa shape index (κ3) is 3.03. The number of aliphatic hydroxyl groups excluding tert-OH is 1. The van der Waals surface area contributed by atoms with Gasteiger partial charge in [-0.25, -0.2) is 4.79 Å². The SMILES string of the molecule is O=C(O)[C@@H]1C[C@H](O)CN1C(=O)c1cc(Cl)cc(Cl)c1I. The van der Waals surface area contributed by atoms with Gasteiger partial charge in [-0.2, -0.15) is 0 Å². The fourth-order valence-electron chi connectivity index (χ4n) is 2.14. The third-order valence-electron chi connectivity index (χ3n) is 3.05. The van der Waals surface area contributed by atoms with Crippen molar-refractivity contribution in [2.75, 3.05) is 6.54 Å². The summed E-state index contributed by atoms with van der Waals surface area (Å²) in [5.41, 5.74) is 0.239. The molecule has 2 rings (SSSR count). The molecule has 2 N–H and O–H groups in total. The predicted molar refractivity (Wildman–Crippen MR) is 82.3 cm³/mol. The van der Waals surface area contributed by atoms with Crippen LogP contribution in [0.5, 0.6) is 0 Å². The number of hydrogen-bond donors (Lipinski definition) is 2. The van der Waals surface area contributed by atoms with E-state index >= 15 is 0 Å². The molecule has 1 saturated heterocycles. The Morgan fingerprint density at radius 1 is 1.35 bits per heavy atom. The van der Waals surface area contributed by atoms with Gasteiger partial charge in [-0.3, -0.25) is 4.79 Å². The molecule has 108 valence electrons. The van der Waals surface area contributed by atoms with Crippen LogP contribution in [0.4, 0.5) is 0 Å². The molecule has 0 radical (unpaired) electrons. The van der Waals surface area contributed by atoms with Gasteiger partial charge in [0.25, 0.3) is 5.91 Å². The number of aliphatic carboxylic acids is 1. The summed E-state index contributed by atoms with van der Waals surface area (Å²) in [6.45, 7) is -0.0178. The van der Waals surface area contributed by atoms with Crippen LogP contribution >= 0.6 is 45.8 Å². The highest BCUT2D eigenvalue weighted by molar-refractivity contribution is 14.1. The highest BCUT2D eigenvalue weighted by Crippen LogP contribution is 2.29. The largest absolute Gasteiger partial charge is 0.480 e. The van der Waals surface area contributed by atoms with Crippen LogP contribution in [0.15, 0.2) is 12.1 Å². The number of nitrogens with zero attached hydrogens (tertiary/aromatic N) is 1. The molecule has 1 aromatic rings. The number of halogens is 3. The summed E-state index contributed by atoms with van der Waals surface area (Å²) in [6, 6.07) is 1.92. The van der Waals surface area contributed by atoms with Gasteiger partial charge in [0.1, 0.15) is 6.04 Å². The van der Waals surface area contributed by atoms with Crippen molar-refractivity contribution in [1.29, 1.82) is 0 Å². The van der Waals surface area contributed by atoms with E-state index in [1.807, 2.05) is 22.6 Å². The van der Waals surface area contributed by atoms with E-state index in [-0.39, 0.29) is 18.5 Å². The summed E-state index contributed by atoms with van der Waals surface area (Å²) in [5, 5.41) is 19.3. The number of carboxylic acids is 1. The molecular weight excluding hydrogens is 420 g/mol. The highest BCUT2D eigenvalue weighted by Gasteiger charge is 2.39. The van der Waals surface area contributed by atoms with Gasteiger partial charge in [-0.1, -0.05) is 23.2 Å². The molecule has 0 aliphatic carbocycles. The molecule has 1 heterocycles. The quantitative estimate of drug-likeness (QED) is 0.558. The van der Waals surface area contributed by atoms with Crippen LogP contribution in [-0.4, -0.2) is 45.7 Å². The molecular formula is C12H10Cl2INO4. The van der Waals surface area contributed by atoms with Gasteiger partial charge in [0.05, 0.1) is 16.7 Å². The Kier molecular flexibility index (Phi) is 4.78. The van der Waals surface area contributed by atoms with Crippen molar-refractivity contribution >= 4 is 57.7 Å². The lowest BCUT2D eigenvalue weighted by molar-refractivity contribution is -0.141. The van der Waals surface area contributed by atoms with E-state index in [4.69, 9.17) is 28.3 Å². The normalized spacial score (nSPS) is 22.1. The lowest BCUT2D eigenvalue weighted by atomic mass is 10.1. The minimum atomic E-state index is -1.14. The van der Waals surface area contributed by atoms with Crippen LogP contribution in [0.1, 0.15) is 16.8 Å². The minimum Gasteiger partial charge on any atom is -0.480 e. The van der Waals surface area contributed by atoms with Crippen molar-refractivity contribution in [2.24, 2.45) is 0 Å². The molecule has 1 aromatic carbocycles. The van der Waals surface area contributed by atoms with Crippen molar-refractivity contribution in [3.05, 3.63) is 31.3 Å². The van der Waals surface area contributed by atoms with E-state index in [0.29, 0.717) is 13.6 Å². The number of rotatable bonds is 2. The van der Waals surface area contributed by atoms with Crippen molar-refractivity contribution < 1.29 is 19.8 Å². The van der Waals surface area contributed by atoms with Crippen LogP contribution in [0.3, 0.4) is 0 Å². The first kappa shape index (κ1) is 15.8. The number of carbonyl (C=O) groups excluding carboxylic acids is 1. The number of carboxylic acid groups (broad SMARTS) is 1. The van der Waals surface area contributed by atoms with Gasteiger partial charge >= 0.3 is 5.97 Å². The minimum absolute atomic E-state index is 0.0178. The predicted octanol–water partition coefficient (Wildman–Crippen LogP) is 2.26. The Bertz CT molecular complexity index is 581. The molecule has 0 saturated carbocycles. The Morgan fingerprint density at radius 2 is 2.00 bits per heavy atom. The average molecular weight is 430 g/mol. The van der Waals surface area contributed by atoms with E-state index in [1.54, 1.807) is 0 Å². The summed E-state index contributed by atoms with van der Waals surface area (Å²) in [6.07, 6.45) is -0.821. The van der Waals surface area contributed by atoms with Crippen molar-refractivity contribution in [2.45, 2.75) is 18.6 Å². The second kappa shape index (κ2) is 6.05. The zero-order valence-electron chi connectivity index (χ0n) is 10.0. The van der Waals surface area contributed by atoms with Gasteiger partial charge in [0.15, 0.2) is 0 Å². The molecule has 0 spiro atoms. The summed E-state index contributed by atoms with van der Waals surface area (Å²) in [7, 11) is 0. The molecule has 20 heavy (non-hydrogen) atoms. The molecule has 0 bridgehead atoms. The van der Waals surface area contributed by atoms with Crippen molar-refractivity contribution in [3.63, 3.8) is 0 Å². The molecule has 2 atom stereocenters. The van der Waals surface area contributed by atoms with E-state index in [1.165, 1.54) is 12.1 Å². The first-order valence-corrected chi connectivity index (χ1v) is 7.51. The molecule has 0 aromatic heterocycles. The summed E-state index contributed by atoms with van der Waals surface area (Å²) in [4.78, 5) is 24.8. The van der Waals surface area contributed by atoms with E-state index in [0.717, 1.165) is 4.90 Å². The number of benzene rings is 1. The van der Waals surface area contributed by atoms with Gasteiger partial charge in [-0.15, -0.1) is 0 Å². The topological polar surface area (TPSA) is 77.8 Å². The third-order valence-corrected chi connectivity index (χ3v) is 5.05. The zero-order chi connectivity index (χ0) is 15.0. The number of aliphatic hydroxyl groups is 1. The summed E-state index contributed by atoms with van der Waals surface area (Å²) in [5.74, 6) is -1.64. The van der Waals surface area contributed by atoms with Gasteiger partial charge in [0, 0.05) is 21.6 Å². The van der Waals surface area contributed by atoms with Crippen molar-refractivity contribution in [1.82, 2.24) is 4.90 Å².